The number of carboxylic acid groups (broad SMARTS) is 1. The lowest BCUT2D eigenvalue weighted by Crippen LogP contribution is -2.31. The average Bonchev–Trinajstić information content (AvgIpc) is 2.51. The number of hydrogen-bond donors (Lipinski definition) is 3. The monoisotopic (exact) mass is 213 g/mol. The van der Waals surface area contributed by atoms with Gasteiger partial charge >= 0.3 is 5.97 Å². The van der Waals surface area contributed by atoms with Gasteiger partial charge in [0.05, 0.1) is 19.4 Å². The summed E-state index contributed by atoms with van der Waals surface area (Å²) in [5.74, 6) is 0.134. The van der Waals surface area contributed by atoms with Crippen molar-refractivity contribution in [2.75, 3.05) is 19.7 Å². The maximum atomic E-state index is 10.6. The third kappa shape index (κ3) is 3.06. The molecular formula is C10H17N2O3+. The van der Waals surface area contributed by atoms with Gasteiger partial charge in [0, 0.05) is 0 Å². The van der Waals surface area contributed by atoms with E-state index in [1.54, 1.807) is 6.08 Å². The first-order chi connectivity index (χ1) is 7.19. The predicted octanol–water partition coefficient (Wildman–Crippen LogP) is -0.588. The lowest BCUT2D eigenvalue weighted by molar-refractivity contribution is -0.557. The molecule has 0 aromatic carbocycles. The van der Waals surface area contributed by atoms with Gasteiger partial charge in [0.1, 0.15) is 19.1 Å². The van der Waals surface area contributed by atoms with Gasteiger partial charge in [-0.25, -0.2) is 0 Å². The number of β-amino-alcohol motifs (C(OH)–C–C–N with tert-alkyl or cyclic N) is 1. The minimum Gasteiger partial charge on any atom is -0.481 e. The van der Waals surface area contributed by atoms with Gasteiger partial charge < -0.3 is 10.2 Å². The maximum Gasteiger partial charge on any atom is 0.307 e. The molecule has 1 aliphatic rings. The van der Waals surface area contributed by atoms with Crippen LogP contribution in [0.15, 0.2) is 12.7 Å². The number of carboxylic acids is 1. The molecule has 0 aromatic heterocycles. The fourth-order valence-electron chi connectivity index (χ4n) is 1.80. The van der Waals surface area contributed by atoms with E-state index >= 15 is 0 Å². The molecule has 1 aliphatic heterocycles. The lowest BCUT2D eigenvalue weighted by atomic mass is 10.2. The molecule has 3 N–H and O–H groups in total. The zero-order chi connectivity index (χ0) is 11.3. The third-order valence-corrected chi connectivity index (χ3v) is 2.42. The first kappa shape index (κ1) is 11.7. The number of nitrogens with zero attached hydrogens (tertiary/aromatic N) is 1. The average molecular weight is 213 g/mol. The van der Waals surface area contributed by atoms with E-state index in [0.29, 0.717) is 19.5 Å². The Morgan fingerprint density at radius 3 is 3.00 bits per heavy atom. The highest BCUT2D eigenvalue weighted by Gasteiger charge is 2.31. The van der Waals surface area contributed by atoms with Gasteiger partial charge in [-0.2, -0.15) is 0 Å². The normalized spacial score (nSPS) is 20.2. The number of rotatable bonds is 6. The van der Waals surface area contributed by atoms with Crippen LogP contribution in [0.1, 0.15) is 12.8 Å². The highest BCUT2D eigenvalue weighted by molar-refractivity contribution is 5.80. The molecule has 0 aliphatic carbocycles. The lowest BCUT2D eigenvalue weighted by Gasteiger charge is -2.09. The highest BCUT2D eigenvalue weighted by Crippen LogP contribution is 2.06. The summed E-state index contributed by atoms with van der Waals surface area (Å²) >= 11 is 0. The minimum atomic E-state index is -0.815. The summed E-state index contributed by atoms with van der Waals surface area (Å²) < 4.78 is 1.91. The Morgan fingerprint density at radius 1 is 1.73 bits per heavy atom. The molecule has 84 valence electrons. The molecule has 5 nitrogen and oxygen atoms in total. The van der Waals surface area contributed by atoms with Crippen LogP contribution >= 0.6 is 0 Å². The Balaban J connectivity index is 2.73. The molecule has 0 radical (unpaired) electrons. The molecular weight excluding hydrogens is 196 g/mol. The van der Waals surface area contributed by atoms with Gasteiger partial charge in [0.25, 0.3) is 0 Å². The van der Waals surface area contributed by atoms with Crippen LogP contribution in [0.4, 0.5) is 0 Å². The van der Waals surface area contributed by atoms with E-state index in [-0.39, 0.29) is 19.1 Å². The van der Waals surface area contributed by atoms with Gasteiger partial charge in [-0.3, -0.25) is 14.7 Å². The minimum absolute atomic E-state index is 0.0262. The molecule has 1 rings (SSSR count). The van der Waals surface area contributed by atoms with Crippen molar-refractivity contribution in [2.45, 2.75) is 18.9 Å². The van der Waals surface area contributed by atoms with Gasteiger partial charge in [0.15, 0.2) is 0 Å². The van der Waals surface area contributed by atoms with E-state index < -0.39 is 5.97 Å². The topological polar surface area (TPSA) is 72.6 Å². The van der Waals surface area contributed by atoms with E-state index in [1.165, 1.54) is 0 Å². The van der Waals surface area contributed by atoms with Crippen molar-refractivity contribution < 1.29 is 19.6 Å². The summed E-state index contributed by atoms with van der Waals surface area (Å²) in [5, 5.41) is 20.8. The molecule has 1 heterocycles. The number of hydrogen-bond acceptors (Lipinski definition) is 3. The molecule has 0 spiro atoms. The van der Waals surface area contributed by atoms with Gasteiger partial charge in [0.2, 0.25) is 5.84 Å². The fourth-order valence-corrected chi connectivity index (χ4v) is 1.80. The van der Waals surface area contributed by atoms with Crippen LogP contribution in [0.3, 0.4) is 0 Å². The van der Waals surface area contributed by atoms with E-state index in [4.69, 9.17) is 10.2 Å². The van der Waals surface area contributed by atoms with Crippen LogP contribution in [0.2, 0.25) is 0 Å². The number of carbonyl (C=O) groups is 1. The summed E-state index contributed by atoms with van der Waals surface area (Å²) in [7, 11) is 0. The Kier molecular flexibility index (Phi) is 4.30. The highest BCUT2D eigenvalue weighted by atomic mass is 16.4. The van der Waals surface area contributed by atoms with Crippen molar-refractivity contribution in [3.63, 3.8) is 0 Å². The van der Waals surface area contributed by atoms with E-state index in [9.17, 15) is 4.79 Å². The third-order valence-electron chi connectivity index (χ3n) is 2.42. The maximum absolute atomic E-state index is 10.6. The largest absolute Gasteiger partial charge is 0.481 e. The number of nitrogens with one attached hydrogen (secondary N) is 1. The second-order valence-corrected chi connectivity index (χ2v) is 3.49. The van der Waals surface area contributed by atoms with E-state index in [0.717, 1.165) is 5.84 Å². The van der Waals surface area contributed by atoms with Gasteiger partial charge in [-0.1, -0.05) is 6.08 Å². The van der Waals surface area contributed by atoms with Crippen LogP contribution in [0, 0.1) is 0 Å². The van der Waals surface area contributed by atoms with Crippen LogP contribution in [-0.2, 0) is 4.79 Å². The SMILES string of the molecule is C=CCC1=[N+](CCO)C(CC(=O)O)CN1. The van der Waals surface area contributed by atoms with Crippen molar-refractivity contribution in [3.8, 4) is 0 Å². The Bertz CT molecular complexity index is 286. The smallest absolute Gasteiger partial charge is 0.307 e. The Labute approximate surface area is 88.7 Å². The van der Waals surface area contributed by atoms with Crippen molar-refractivity contribution >= 4 is 11.8 Å². The van der Waals surface area contributed by atoms with Gasteiger partial charge in [-0.05, 0) is 0 Å². The van der Waals surface area contributed by atoms with E-state index in [1.807, 2.05) is 4.58 Å². The van der Waals surface area contributed by atoms with Crippen molar-refractivity contribution in [1.29, 1.82) is 0 Å². The Hall–Kier alpha value is -1.36. The van der Waals surface area contributed by atoms with Crippen LogP contribution < -0.4 is 5.32 Å². The summed E-state index contributed by atoms with van der Waals surface area (Å²) in [5.41, 5.74) is 0. The molecule has 0 saturated carbocycles. The number of aliphatic carboxylic acids is 1. The van der Waals surface area contributed by atoms with Crippen molar-refractivity contribution in [3.05, 3.63) is 12.7 Å². The quantitative estimate of drug-likeness (QED) is 0.407. The fraction of sp³-hybridized carbons (Fsp3) is 0.600. The number of aliphatic hydroxyl groups is 1. The molecule has 1 unspecified atom stereocenters. The van der Waals surface area contributed by atoms with Crippen molar-refractivity contribution in [2.24, 2.45) is 0 Å². The summed E-state index contributed by atoms with van der Waals surface area (Å²) in [6.07, 6.45) is 2.53. The predicted molar refractivity (Wildman–Crippen MR) is 56.1 cm³/mol. The van der Waals surface area contributed by atoms with Crippen LogP contribution in [0.5, 0.6) is 0 Å². The van der Waals surface area contributed by atoms with Crippen LogP contribution in [0.25, 0.3) is 0 Å². The summed E-state index contributed by atoms with van der Waals surface area (Å²) in [6, 6.07) is -0.0652. The van der Waals surface area contributed by atoms with Gasteiger partial charge in [-0.15, -0.1) is 6.58 Å². The zero-order valence-corrected chi connectivity index (χ0v) is 8.65. The molecule has 15 heavy (non-hydrogen) atoms. The molecule has 0 saturated heterocycles. The van der Waals surface area contributed by atoms with E-state index in [2.05, 4.69) is 11.9 Å². The standard InChI is InChI=1S/C10H16N2O3/c1-2-3-9-11-7-8(6-10(14)15)12(9)4-5-13/h2,8,13H,1,3-7H2,(H,14,15)/p+1. The number of aliphatic hydroxyl groups excluding tert-OH is 1. The molecule has 0 bridgehead atoms. The first-order valence-corrected chi connectivity index (χ1v) is 4.99. The summed E-state index contributed by atoms with van der Waals surface area (Å²) in [6.45, 7) is 4.75. The second-order valence-electron chi connectivity index (χ2n) is 3.49. The molecule has 5 heteroatoms. The Morgan fingerprint density at radius 2 is 2.47 bits per heavy atom. The number of amidine groups is 1. The molecule has 0 amide bonds. The van der Waals surface area contributed by atoms with Crippen molar-refractivity contribution in [1.82, 2.24) is 5.32 Å². The first-order valence-electron chi connectivity index (χ1n) is 4.99. The molecule has 0 aromatic rings. The second kappa shape index (κ2) is 5.50. The molecule has 1 atom stereocenters. The zero-order valence-electron chi connectivity index (χ0n) is 8.65. The summed E-state index contributed by atoms with van der Waals surface area (Å²) in [4.78, 5) is 10.6. The van der Waals surface area contributed by atoms with Crippen LogP contribution in [-0.4, -0.2) is 52.3 Å². The molecule has 0 fully saturated rings.